The highest BCUT2D eigenvalue weighted by atomic mass is 35.5. The van der Waals surface area contributed by atoms with Crippen LogP contribution in [0.25, 0.3) is 5.69 Å². The topological polar surface area (TPSA) is 66.8 Å². The smallest absolute Gasteiger partial charge is 0.340 e. The number of nitrogens with zero attached hydrogens (tertiary/aromatic N) is 1. The molecule has 0 bridgehead atoms. The summed E-state index contributed by atoms with van der Waals surface area (Å²) < 4.78 is 30.9. The van der Waals surface area contributed by atoms with Crippen LogP contribution in [0.5, 0.6) is 11.5 Å². The summed E-state index contributed by atoms with van der Waals surface area (Å²) in [5.41, 5.74) is 2.79. The van der Waals surface area contributed by atoms with Gasteiger partial charge in [0.25, 0.3) is 0 Å². The van der Waals surface area contributed by atoms with Crippen LogP contribution in [-0.4, -0.2) is 29.7 Å². The molecule has 0 radical (unpaired) electrons. The summed E-state index contributed by atoms with van der Waals surface area (Å²) in [6.45, 7) is 3.40. The van der Waals surface area contributed by atoms with Crippen LogP contribution in [0.3, 0.4) is 0 Å². The van der Waals surface area contributed by atoms with Gasteiger partial charge in [-0.2, -0.15) is 0 Å². The minimum atomic E-state index is -0.794. The lowest BCUT2D eigenvalue weighted by molar-refractivity contribution is 0.0474. The number of esters is 1. The Balaban J connectivity index is 1.52. The van der Waals surface area contributed by atoms with Crippen molar-refractivity contribution in [3.05, 3.63) is 75.8 Å². The molecule has 2 aromatic carbocycles. The third-order valence-corrected chi connectivity index (χ3v) is 5.14. The number of fused-ring (bicyclic) bond motifs is 1. The predicted molar refractivity (Wildman–Crippen MR) is 107 cm³/mol. The van der Waals surface area contributed by atoms with Gasteiger partial charge in [-0.15, -0.1) is 0 Å². The first-order chi connectivity index (χ1) is 14.3. The van der Waals surface area contributed by atoms with Gasteiger partial charge in [-0.05, 0) is 50.2 Å². The zero-order valence-electron chi connectivity index (χ0n) is 16.2. The van der Waals surface area contributed by atoms with E-state index < -0.39 is 18.4 Å². The molecule has 0 saturated carbocycles. The zero-order chi connectivity index (χ0) is 21.4. The van der Waals surface area contributed by atoms with Gasteiger partial charge in [0.1, 0.15) is 5.82 Å². The Morgan fingerprint density at radius 3 is 2.60 bits per heavy atom. The standard InChI is InChI=1S/C22H17ClFNO5/c1-12-7-17(13(2)25(12)15-4-6-20-21(9-15)30-11-29-20)19(26)10-28-22(27)16-5-3-14(24)8-18(16)23/h3-9H,10-11H2,1-2H3. The molecule has 0 N–H and O–H groups in total. The molecule has 4 rings (SSSR count). The van der Waals surface area contributed by atoms with Crippen molar-refractivity contribution in [1.82, 2.24) is 4.57 Å². The fraction of sp³-hybridized carbons (Fsp3) is 0.182. The fourth-order valence-electron chi connectivity index (χ4n) is 3.41. The maximum Gasteiger partial charge on any atom is 0.340 e. The number of aryl methyl sites for hydroxylation is 1. The molecule has 0 atom stereocenters. The van der Waals surface area contributed by atoms with E-state index in [4.69, 9.17) is 25.8 Å². The van der Waals surface area contributed by atoms with Crippen molar-refractivity contribution in [2.24, 2.45) is 0 Å². The van der Waals surface area contributed by atoms with E-state index in [1.807, 2.05) is 36.6 Å². The van der Waals surface area contributed by atoms with Crippen molar-refractivity contribution in [3.8, 4) is 17.2 Å². The highest BCUT2D eigenvalue weighted by Gasteiger charge is 2.21. The van der Waals surface area contributed by atoms with Crippen molar-refractivity contribution in [1.29, 1.82) is 0 Å². The fourth-order valence-corrected chi connectivity index (χ4v) is 3.65. The first kappa shape index (κ1) is 20.0. The molecule has 154 valence electrons. The maximum absolute atomic E-state index is 13.1. The van der Waals surface area contributed by atoms with E-state index in [1.54, 1.807) is 6.07 Å². The monoisotopic (exact) mass is 429 g/mol. The number of hydrogen-bond acceptors (Lipinski definition) is 5. The molecule has 1 aliphatic heterocycles. The molecule has 0 aliphatic carbocycles. The summed E-state index contributed by atoms with van der Waals surface area (Å²) >= 11 is 5.87. The molecule has 1 aliphatic rings. The van der Waals surface area contributed by atoms with E-state index in [1.165, 1.54) is 6.07 Å². The van der Waals surface area contributed by atoms with Crippen molar-refractivity contribution >= 4 is 23.4 Å². The summed E-state index contributed by atoms with van der Waals surface area (Å²) in [6, 6.07) is 10.6. The predicted octanol–water partition coefficient (Wildman–Crippen LogP) is 4.66. The second-order valence-electron chi connectivity index (χ2n) is 6.78. The first-order valence-corrected chi connectivity index (χ1v) is 9.47. The molecule has 2 heterocycles. The number of carbonyl (C=O) groups excluding carboxylic acids is 2. The second-order valence-corrected chi connectivity index (χ2v) is 7.19. The van der Waals surface area contributed by atoms with Gasteiger partial charge in [0, 0.05) is 28.7 Å². The Bertz CT molecular complexity index is 1170. The van der Waals surface area contributed by atoms with Crippen LogP contribution in [0.4, 0.5) is 4.39 Å². The third kappa shape index (κ3) is 3.64. The lowest BCUT2D eigenvalue weighted by Gasteiger charge is -2.11. The molecule has 0 saturated heterocycles. The van der Waals surface area contributed by atoms with Crippen molar-refractivity contribution in [3.63, 3.8) is 0 Å². The van der Waals surface area contributed by atoms with E-state index in [9.17, 15) is 14.0 Å². The van der Waals surface area contributed by atoms with Crippen molar-refractivity contribution in [2.75, 3.05) is 13.4 Å². The Morgan fingerprint density at radius 2 is 1.83 bits per heavy atom. The van der Waals surface area contributed by atoms with Gasteiger partial charge in [0.15, 0.2) is 18.1 Å². The summed E-state index contributed by atoms with van der Waals surface area (Å²) in [5.74, 6) is -0.412. The number of halogens is 2. The molecule has 0 unspecified atom stereocenters. The number of benzene rings is 2. The number of carbonyl (C=O) groups is 2. The summed E-state index contributed by atoms with van der Waals surface area (Å²) in [6.07, 6.45) is 0. The SMILES string of the molecule is Cc1cc(C(=O)COC(=O)c2ccc(F)cc2Cl)c(C)n1-c1ccc2c(c1)OCO2. The number of hydrogen-bond donors (Lipinski definition) is 0. The lowest BCUT2D eigenvalue weighted by Crippen LogP contribution is -2.15. The Morgan fingerprint density at radius 1 is 1.07 bits per heavy atom. The van der Waals surface area contributed by atoms with E-state index in [0.717, 1.165) is 23.5 Å². The van der Waals surface area contributed by atoms with Gasteiger partial charge in [-0.1, -0.05) is 11.6 Å². The van der Waals surface area contributed by atoms with Gasteiger partial charge >= 0.3 is 5.97 Å². The molecule has 30 heavy (non-hydrogen) atoms. The van der Waals surface area contributed by atoms with Crippen LogP contribution in [0, 0.1) is 19.7 Å². The number of Topliss-reactive ketones (excluding diaryl/α,β-unsaturated/α-hetero) is 1. The lowest BCUT2D eigenvalue weighted by atomic mass is 10.1. The van der Waals surface area contributed by atoms with Crippen LogP contribution in [-0.2, 0) is 4.74 Å². The molecule has 1 aromatic heterocycles. The molecule has 3 aromatic rings. The highest BCUT2D eigenvalue weighted by molar-refractivity contribution is 6.33. The Hall–Kier alpha value is -3.32. The molecule has 0 amide bonds. The quantitative estimate of drug-likeness (QED) is 0.436. The second kappa shape index (κ2) is 7.84. The number of ketones is 1. The summed E-state index contributed by atoms with van der Waals surface area (Å²) in [7, 11) is 0. The number of rotatable bonds is 5. The highest BCUT2D eigenvalue weighted by Crippen LogP contribution is 2.35. The van der Waals surface area contributed by atoms with Gasteiger partial charge in [-0.25, -0.2) is 9.18 Å². The van der Waals surface area contributed by atoms with Crippen LogP contribution in [0.2, 0.25) is 5.02 Å². The van der Waals surface area contributed by atoms with Crippen molar-refractivity contribution < 1.29 is 28.2 Å². The maximum atomic E-state index is 13.1. The van der Waals surface area contributed by atoms with Gasteiger partial charge in [0.2, 0.25) is 12.6 Å². The molecule has 6 nitrogen and oxygen atoms in total. The average molecular weight is 430 g/mol. The summed E-state index contributed by atoms with van der Waals surface area (Å²) in [4.78, 5) is 24.9. The van der Waals surface area contributed by atoms with E-state index in [-0.39, 0.29) is 23.2 Å². The van der Waals surface area contributed by atoms with Crippen LogP contribution in [0.15, 0.2) is 42.5 Å². The van der Waals surface area contributed by atoms with Crippen LogP contribution >= 0.6 is 11.6 Å². The first-order valence-electron chi connectivity index (χ1n) is 9.09. The summed E-state index contributed by atoms with van der Waals surface area (Å²) in [5, 5.41) is -0.0755. The van der Waals surface area contributed by atoms with E-state index in [0.29, 0.717) is 22.8 Å². The molecule has 0 fully saturated rings. The zero-order valence-corrected chi connectivity index (χ0v) is 17.0. The minimum absolute atomic E-state index is 0.00306. The van der Waals surface area contributed by atoms with E-state index in [2.05, 4.69) is 0 Å². The van der Waals surface area contributed by atoms with Gasteiger partial charge < -0.3 is 18.8 Å². The van der Waals surface area contributed by atoms with Gasteiger partial charge in [0.05, 0.1) is 10.6 Å². The van der Waals surface area contributed by atoms with Crippen LogP contribution < -0.4 is 9.47 Å². The number of aromatic nitrogens is 1. The molecule has 8 heteroatoms. The third-order valence-electron chi connectivity index (χ3n) is 4.83. The largest absolute Gasteiger partial charge is 0.454 e. The van der Waals surface area contributed by atoms with Crippen molar-refractivity contribution in [2.45, 2.75) is 13.8 Å². The minimum Gasteiger partial charge on any atom is -0.454 e. The van der Waals surface area contributed by atoms with E-state index >= 15 is 0 Å². The van der Waals surface area contributed by atoms with Gasteiger partial charge in [-0.3, -0.25) is 4.79 Å². The Labute approximate surface area is 176 Å². The average Bonchev–Trinajstić information content (AvgIpc) is 3.29. The Kier molecular flexibility index (Phi) is 5.22. The molecule has 0 spiro atoms. The normalized spacial score (nSPS) is 12.1. The molecular formula is C22H17ClFNO5. The van der Waals surface area contributed by atoms with Crippen LogP contribution in [0.1, 0.15) is 32.1 Å². The number of ether oxygens (including phenoxy) is 3. The molecular weight excluding hydrogens is 413 g/mol.